The fraction of sp³-hybridized carbons (Fsp3) is 0.533. The molecule has 0 radical (unpaired) electrons. The number of amides is 1. The van der Waals surface area contributed by atoms with Crippen LogP contribution in [0.25, 0.3) is 0 Å². The van der Waals surface area contributed by atoms with Crippen molar-refractivity contribution in [2.75, 3.05) is 6.54 Å². The van der Waals surface area contributed by atoms with Gasteiger partial charge in [-0.05, 0) is 49.4 Å². The van der Waals surface area contributed by atoms with E-state index in [0.717, 1.165) is 38.0 Å². The van der Waals surface area contributed by atoms with Gasteiger partial charge in [0.2, 0.25) is 0 Å². The number of fused-ring (bicyclic) bond motifs is 1. The number of benzene rings is 1. The van der Waals surface area contributed by atoms with Crippen molar-refractivity contribution in [2.45, 2.75) is 45.3 Å². The second kappa shape index (κ2) is 4.73. The lowest BCUT2D eigenvalue weighted by Gasteiger charge is -2.33. The van der Waals surface area contributed by atoms with Gasteiger partial charge in [0.25, 0.3) is 5.91 Å². The molecular formula is C15H20N2O. The summed E-state index contributed by atoms with van der Waals surface area (Å²) in [4.78, 5) is 14.6. The molecule has 96 valence electrons. The zero-order valence-electron chi connectivity index (χ0n) is 10.9. The fourth-order valence-corrected chi connectivity index (χ4v) is 2.99. The Kier molecular flexibility index (Phi) is 3.08. The van der Waals surface area contributed by atoms with Gasteiger partial charge in [0, 0.05) is 31.2 Å². The normalized spacial score (nSPS) is 22.9. The van der Waals surface area contributed by atoms with Crippen molar-refractivity contribution in [3.05, 3.63) is 34.9 Å². The predicted molar refractivity (Wildman–Crippen MR) is 71.3 cm³/mol. The Morgan fingerprint density at radius 1 is 1.28 bits per heavy atom. The van der Waals surface area contributed by atoms with E-state index in [4.69, 9.17) is 0 Å². The van der Waals surface area contributed by atoms with Crippen molar-refractivity contribution in [1.82, 2.24) is 10.2 Å². The van der Waals surface area contributed by atoms with E-state index in [2.05, 4.69) is 24.4 Å². The largest absolute Gasteiger partial charge is 0.336 e. The fourth-order valence-electron chi connectivity index (χ4n) is 2.99. The Bertz CT molecular complexity index is 470. The molecule has 1 saturated heterocycles. The van der Waals surface area contributed by atoms with E-state index in [1.165, 1.54) is 17.5 Å². The number of piperidine rings is 1. The third kappa shape index (κ3) is 2.03. The number of nitrogens with zero attached hydrogens (tertiary/aromatic N) is 1. The minimum atomic E-state index is 0.205. The summed E-state index contributed by atoms with van der Waals surface area (Å²) in [5.74, 6) is 0.205. The molecule has 3 nitrogen and oxygen atoms in total. The molecule has 0 spiro atoms. The van der Waals surface area contributed by atoms with E-state index in [9.17, 15) is 4.79 Å². The standard InChI is InChI=1S/C15H20N2O/c1-11-4-2-3-7-17(11)15(18)12-5-6-13-9-16-10-14(13)8-12/h5-6,8,11,16H,2-4,7,9-10H2,1H3. The number of rotatable bonds is 1. The second-order valence-electron chi connectivity index (χ2n) is 5.43. The van der Waals surface area contributed by atoms with E-state index in [1.54, 1.807) is 0 Å². The van der Waals surface area contributed by atoms with E-state index in [1.807, 2.05) is 11.0 Å². The van der Waals surface area contributed by atoms with Gasteiger partial charge >= 0.3 is 0 Å². The van der Waals surface area contributed by atoms with Crippen LogP contribution in [0.4, 0.5) is 0 Å². The Labute approximate surface area is 108 Å². The first-order valence-electron chi connectivity index (χ1n) is 6.89. The first-order valence-corrected chi connectivity index (χ1v) is 6.89. The van der Waals surface area contributed by atoms with Gasteiger partial charge in [0.1, 0.15) is 0 Å². The van der Waals surface area contributed by atoms with Crippen LogP contribution in [0.5, 0.6) is 0 Å². The van der Waals surface area contributed by atoms with Crippen molar-refractivity contribution >= 4 is 5.91 Å². The smallest absolute Gasteiger partial charge is 0.254 e. The maximum Gasteiger partial charge on any atom is 0.254 e. The lowest BCUT2D eigenvalue weighted by atomic mass is 10.0. The third-order valence-electron chi connectivity index (χ3n) is 4.15. The summed E-state index contributed by atoms with van der Waals surface area (Å²) in [6.07, 6.45) is 3.53. The summed E-state index contributed by atoms with van der Waals surface area (Å²) in [7, 11) is 0. The molecule has 2 aliphatic rings. The first-order chi connectivity index (χ1) is 8.75. The third-order valence-corrected chi connectivity index (χ3v) is 4.15. The van der Waals surface area contributed by atoms with Gasteiger partial charge < -0.3 is 10.2 Å². The number of likely N-dealkylation sites (tertiary alicyclic amines) is 1. The van der Waals surface area contributed by atoms with Gasteiger partial charge in [-0.2, -0.15) is 0 Å². The van der Waals surface area contributed by atoms with E-state index in [-0.39, 0.29) is 5.91 Å². The molecule has 3 rings (SSSR count). The number of hydrogen-bond donors (Lipinski definition) is 1. The van der Waals surface area contributed by atoms with Crippen molar-refractivity contribution in [1.29, 1.82) is 0 Å². The highest BCUT2D eigenvalue weighted by Gasteiger charge is 2.24. The summed E-state index contributed by atoms with van der Waals surface area (Å²) in [5, 5.41) is 3.32. The average Bonchev–Trinajstić information content (AvgIpc) is 2.85. The summed E-state index contributed by atoms with van der Waals surface area (Å²) < 4.78 is 0. The zero-order chi connectivity index (χ0) is 12.5. The lowest BCUT2D eigenvalue weighted by molar-refractivity contribution is 0.0635. The molecule has 1 unspecified atom stereocenters. The number of carbonyl (C=O) groups is 1. The highest BCUT2D eigenvalue weighted by Crippen LogP contribution is 2.22. The van der Waals surface area contributed by atoms with E-state index >= 15 is 0 Å². The van der Waals surface area contributed by atoms with Gasteiger partial charge in [-0.1, -0.05) is 6.07 Å². The van der Waals surface area contributed by atoms with E-state index < -0.39 is 0 Å². The summed E-state index contributed by atoms with van der Waals surface area (Å²) in [6, 6.07) is 6.53. The van der Waals surface area contributed by atoms with Crippen LogP contribution in [0.3, 0.4) is 0 Å². The van der Waals surface area contributed by atoms with Crippen LogP contribution < -0.4 is 5.32 Å². The van der Waals surface area contributed by atoms with Crippen LogP contribution in [-0.4, -0.2) is 23.4 Å². The number of hydrogen-bond acceptors (Lipinski definition) is 2. The Morgan fingerprint density at radius 2 is 2.11 bits per heavy atom. The van der Waals surface area contributed by atoms with Crippen molar-refractivity contribution in [2.24, 2.45) is 0 Å². The summed E-state index contributed by atoms with van der Waals surface area (Å²) >= 11 is 0. The van der Waals surface area contributed by atoms with Gasteiger partial charge in [-0.3, -0.25) is 4.79 Å². The van der Waals surface area contributed by atoms with Gasteiger partial charge in [-0.15, -0.1) is 0 Å². The predicted octanol–water partition coefficient (Wildman–Crippen LogP) is 2.30. The highest BCUT2D eigenvalue weighted by atomic mass is 16.2. The Morgan fingerprint density at radius 3 is 2.94 bits per heavy atom. The molecule has 3 heteroatoms. The molecule has 1 fully saturated rings. The molecule has 0 aliphatic carbocycles. The first kappa shape index (κ1) is 11.7. The van der Waals surface area contributed by atoms with Crippen molar-refractivity contribution < 1.29 is 4.79 Å². The van der Waals surface area contributed by atoms with Gasteiger partial charge in [-0.25, -0.2) is 0 Å². The lowest BCUT2D eigenvalue weighted by Crippen LogP contribution is -2.42. The molecule has 0 aromatic heterocycles. The molecule has 1 aromatic carbocycles. The zero-order valence-corrected chi connectivity index (χ0v) is 10.9. The quantitative estimate of drug-likeness (QED) is 0.822. The van der Waals surface area contributed by atoms with Gasteiger partial charge in [0.05, 0.1) is 0 Å². The minimum Gasteiger partial charge on any atom is -0.336 e. The highest BCUT2D eigenvalue weighted by molar-refractivity contribution is 5.94. The number of carbonyl (C=O) groups excluding carboxylic acids is 1. The average molecular weight is 244 g/mol. The molecule has 18 heavy (non-hydrogen) atoms. The van der Waals surface area contributed by atoms with Crippen LogP contribution in [0.15, 0.2) is 18.2 Å². The molecule has 1 N–H and O–H groups in total. The van der Waals surface area contributed by atoms with E-state index in [0.29, 0.717) is 6.04 Å². The molecular weight excluding hydrogens is 224 g/mol. The van der Waals surface area contributed by atoms with Crippen LogP contribution in [0.2, 0.25) is 0 Å². The van der Waals surface area contributed by atoms with Crippen LogP contribution in [-0.2, 0) is 13.1 Å². The molecule has 2 heterocycles. The maximum absolute atomic E-state index is 12.5. The second-order valence-corrected chi connectivity index (χ2v) is 5.43. The number of nitrogens with one attached hydrogen (secondary N) is 1. The summed E-state index contributed by atoms with van der Waals surface area (Å²) in [6.45, 7) is 4.90. The molecule has 0 bridgehead atoms. The van der Waals surface area contributed by atoms with Crippen LogP contribution in [0, 0.1) is 0 Å². The molecule has 1 atom stereocenters. The minimum absolute atomic E-state index is 0.205. The van der Waals surface area contributed by atoms with Gasteiger partial charge in [0.15, 0.2) is 0 Å². The molecule has 2 aliphatic heterocycles. The maximum atomic E-state index is 12.5. The topological polar surface area (TPSA) is 32.3 Å². The molecule has 1 aromatic rings. The van der Waals surface area contributed by atoms with Crippen LogP contribution >= 0.6 is 0 Å². The Hall–Kier alpha value is -1.35. The molecule has 1 amide bonds. The molecule has 0 saturated carbocycles. The Balaban J connectivity index is 1.83. The van der Waals surface area contributed by atoms with Crippen LogP contribution in [0.1, 0.15) is 47.7 Å². The monoisotopic (exact) mass is 244 g/mol. The van der Waals surface area contributed by atoms with Crippen molar-refractivity contribution in [3.8, 4) is 0 Å². The summed E-state index contributed by atoms with van der Waals surface area (Å²) in [5.41, 5.74) is 3.47. The van der Waals surface area contributed by atoms with Crippen molar-refractivity contribution in [3.63, 3.8) is 0 Å². The SMILES string of the molecule is CC1CCCCN1C(=O)c1ccc2c(c1)CNC2.